The molecule has 3 aliphatic rings. The van der Waals surface area contributed by atoms with Crippen molar-refractivity contribution in [2.75, 3.05) is 59.3 Å². The monoisotopic (exact) mass is 448 g/mol. The summed E-state index contributed by atoms with van der Waals surface area (Å²) in [5, 5.41) is 10.3. The molecule has 0 spiro atoms. The van der Waals surface area contributed by atoms with Crippen molar-refractivity contribution in [1.82, 2.24) is 9.80 Å². The molecule has 1 N–H and O–H groups in total. The van der Waals surface area contributed by atoms with Crippen LogP contribution in [0, 0.1) is 11.8 Å². The molecular formula is C24H36N2O6. The van der Waals surface area contributed by atoms with Gasteiger partial charge in [-0.1, -0.05) is 13.8 Å². The number of carbonyl (C=O) groups is 1. The van der Waals surface area contributed by atoms with Gasteiger partial charge in [-0.05, 0) is 42.9 Å². The summed E-state index contributed by atoms with van der Waals surface area (Å²) in [6.45, 7) is 9.29. The molecule has 0 bridgehead atoms. The second kappa shape index (κ2) is 10.8. The molecule has 0 unspecified atom stereocenters. The van der Waals surface area contributed by atoms with Crippen LogP contribution in [0.1, 0.15) is 37.0 Å². The number of hydrogen-bond donors (Lipinski definition) is 1. The Morgan fingerprint density at radius 2 is 2.03 bits per heavy atom. The van der Waals surface area contributed by atoms with Crippen LogP contribution >= 0.6 is 0 Å². The number of morpholine rings is 1. The fourth-order valence-corrected chi connectivity index (χ4v) is 4.16. The molecule has 4 rings (SSSR count). The normalized spacial score (nSPS) is 21.7. The lowest BCUT2D eigenvalue weighted by atomic mass is 10.1. The van der Waals surface area contributed by atoms with Crippen molar-refractivity contribution in [3.05, 3.63) is 23.8 Å². The second-order valence-electron chi connectivity index (χ2n) is 9.56. The standard InChI is InChI=1S/C24H36N2O6/c1-17(2)14-29-15-20(27)11-25-7-8-30-21(12-25)13-26(10-18-3-4-18)24(28)19-5-6-22-23(9-19)32-16-31-22/h5-6,9,17-18,20-21,27H,3-4,7-8,10-16H2,1-2H3/t20-,21-/m1/s1. The van der Waals surface area contributed by atoms with Crippen molar-refractivity contribution in [2.45, 2.75) is 38.9 Å². The summed E-state index contributed by atoms with van der Waals surface area (Å²) in [6.07, 6.45) is 1.74. The highest BCUT2D eigenvalue weighted by Gasteiger charge is 2.31. The van der Waals surface area contributed by atoms with Crippen molar-refractivity contribution in [2.24, 2.45) is 11.8 Å². The summed E-state index contributed by atoms with van der Waals surface area (Å²) in [7, 11) is 0. The van der Waals surface area contributed by atoms with Crippen LogP contribution < -0.4 is 9.47 Å². The number of hydrogen-bond acceptors (Lipinski definition) is 7. The Morgan fingerprint density at radius 1 is 1.22 bits per heavy atom. The number of benzene rings is 1. The molecule has 2 aliphatic heterocycles. The summed E-state index contributed by atoms with van der Waals surface area (Å²) in [6, 6.07) is 5.37. The van der Waals surface area contributed by atoms with Crippen LogP contribution in [0.15, 0.2) is 18.2 Å². The predicted molar refractivity (Wildman–Crippen MR) is 119 cm³/mol. The SMILES string of the molecule is CC(C)COC[C@H](O)CN1CCO[C@@H](CN(CC2CC2)C(=O)c2ccc3c(c2)OCO3)C1. The minimum atomic E-state index is -0.523. The molecule has 8 heteroatoms. The third-order valence-electron chi connectivity index (χ3n) is 5.96. The minimum absolute atomic E-state index is 0.00181. The zero-order valence-corrected chi connectivity index (χ0v) is 19.2. The van der Waals surface area contributed by atoms with E-state index in [1.54, 1.807) is 18.2 Å². The average Bonchev–Trinajstić information content (AvgIpc) is 3.45. The molecule has 8 nitrogen and oxygen atoms in total. The van der Waals surface area contributed by atoms with Gasteiger partial charge < -0.3 is 29.0 Å². The molecule has 1 amide bonds. The molecule has 2 fully saturated rings. The fraction of sp³-hybridized carbons (Fsp3) is 0.708. The first-order valence-corrected chi connectivity index (χ1v) is 11.8. The Balaban J connectivity index is 1.32. The molecule has 1 saturated carbocycles. The van der Waals surface area contributed by atoms with E-state index in [2.05, 4.69) is 18.7 Å². The van der Waals surface area contributed by atoms with Gasteiger partial charge in [0.1, 0.15) is 0 Å². The molecule has 0 radical (unpaired) electrons. The third kappa shape index (κ3) is 6.57. The van der Waals surface area contributed by atoms with Crippen LogP contribution in [0.25, 0.3) is 0 Å². The van der Waals surface area contributed by atoms with Gasteiger partial charge in [-0.2, -0.15) is 0 Å². The molecule has 32 heavy (non-hydrogen) atoms. The highest BCUT2D eigenvalue weighted by molar-refractivity contribution is 5.95. The van der Waals surface area contributed by atoms with Crippen molar-refractivity contribution < 1.29 is 28.8 Å². The van der Waals surface area contributed by atoms with Gasteiger partial charge in [0.25, 0.3) is 5.91 Å². The number of β-amino-alcohol motifs (C(OH)–C–C–N with tert-alkyl or cyclic N) is 1. The Kier molecular flexibility index (Phi) is 7.88. The van der Waals surface area contributed by atoms with E-state index in [0.29, 0.717) is 68.4 Å². The Bertz CT molecular complexity index is 769. The van der Waals surface area contributed by atoms with Gasteiger partial charge in [-0.25, -0.2) is 0 Å². The quantitative estimate of drug-likeness (QED) is 0.555. The lowest BCUT2D eigenvalue weighted by molar-refractivity contribution is -0.0599. The van der Waals surface area contributed by atoms with E-state index in [1.165, 1.54) is 12.8 Å². The number of carbonyl (C=O) groups excluding carboxylic acids is 1. The molecule has 178 valence electrons. The lowest BCUT2D eigenvalue weighted by Gasteiger charge is -2.36. The Hall–Kier alpha value is -1.87. The van der Waals surface area contributed by atoms with Crippen molar-refractivity contribution in [1.29, 1.82) is 0 Å². The molecule has 2 heterocycles. The number of rotatable bonds is 11. The van der Waals surface area contributed by atoms with Gasteiger partial charge in [0.15, 0.2) is 11.5 Å². The zero-order chi connectivity index (χ0) is 22.5. The van der Waals surface area contributed by atoms with E-state index < -0.39 is 6.10 Å². The van der Waals surface area contributed by atoms with Crippen molar-refractivity contribution in [3.63, 3.8) is 0 Å². The lowest BCUT2D eigenvalue weighted by Crippen LogP contribution is -2.51. The average molecular weight is 449 g/mol. The van der Waals surface area contributed by atoms with Crippen LogP contribution in [0.4, 0.5) is 0 Å². The third-order valence-corrected chi connectivity index (χ3v) is 5.96. The first kappa shape index (κ1) is 23.3. The van der Waals surface area contributed by atoms with E-state index in [0.717, 1.165) is 13.1 Å². The maximum absolute atomic E-state index is 13.3. The number of aliphatic hydroxyl groups excluding tert-OH is 1. The molecule has 2 atom stereocenters. The van der Waals surface area contributed by atoms with Crippen LogP contribution in [0.5, 0.6) is 11.5 Å². The van der Waals surface area contributed by atoms with Gasteiger partial charge in [0.05, 0.1) is 25.4 Å². The van der Waals surface area contributed by atoms with Gasteiger partial charge in [0, 0.05) is 44.9 Å². The minimum Gasteiger partial charge on any atom is -0.454 e. The van der Waals surface area contributed by atoms with Crippen molar-refractivity contribution >= 4 is 5.91 Å². The number of amides is 1. The van der Waals surface area contributed by atoms with Crippen LogP contribution in [0.2, 0.25) is 0 Å². The highest BCUT2D eigenvalue weighted by atomic mass is 16.7. The highest BCUT2D eigenvalue weighted by Crippen LogP contribution is 2.34. The largest absolute Gasteiger partial charge is 0.454 e. The summed E-state index contributed by atoms with van der Waals surface area (Å²) >= 11 is 0. The summed E-state index contributed by atoms with van der Waals surface area (Å²) < 4.78 is 22.4. The maximum atomic E-state index is 13.3. The van der Waals surface area contributed by atoms with Gasteiger partial charge in [-0.3, -0.25) is 9.69 Å². The van der Waals surface area contributed by atoms with Gasteiger partial charge in [-0.15, -0.1) is 0 Å². The predicted octanol–water partition coefficient (Wildman–Crippen LogP) is 2.00. The van der Waals surface area contributed by atoms with Crippen LogP contribution in [0.3, 0.4) is 0 Å². The summed E-state index contributed by atoms with van der Waals surface area (Å²) in [5.41, 5.74) is 0.611. The molecular weight excluding hydrogens is 412 g/mol. The molecule has 0 aromatic heterocycles. The summed E-state index contributed by atoms with van der Waals surface area (Å²) in [5.74, 6) is 2.33. The Morgan fingerprint density at radius 3 is 2.81 bits per heavy atom. The molecule has 1 aromatic rings. The van der Waals surface area contributed by atoms with Gasteiger partial charge >= 0.3 is 0 Å². The van der Waals surface area contributed by atoms with E-state index in [-0.39, 0.29) is 18.8 Å². The Labute approximate surface area is 190 Å². The van der Waals surface area contributed by atoms with Crippen LogP contribution in [-0.4, -0.2) is 92.4 Å². The van der Waals surface area contributed by atoms with E-state index in [1.807, 2.05) is 4.90 Å². The van der Waals surface area contributed by atoms with Crippen LogP contribution in [-0.2, 0) is 9.47 Å². The fourth-order valence-electron chi connectivity index (χ4n) is 4.16. The maximum Gasteiger partial charge on any atom is 0.254 e. The first-order valence-electron chi connectivity index (χ1n) is 11.8. The number of nitrogens with zero attached hydrogens (tertiary/aromatic N) is 2. The first-order chi connectivity index (χ1) is 15.5. The topological polar surface area (TPSA) is 80.7 Å². The zero-order valence-electron chi connectivity index (χ0n) is 19.2. The summed E-state index contributed by atoms with van der Waals surface area (Å²) in [4.78, 5) is 17.4. The second-order valence-corrected chi connectivity index (χ2v) is 9.56. The van der Waals surface area contributed by atoms with E-state index in [4.69, 9.17) is 18.9 Å². The number of fused-ring (bicyclic) bond motifs is 1. The molecule has 1 aliphatic carbocycles. The van der Waals surface area contributed by atoms with E-state index >= 15 is 0 Å². The van der Waals surface area contributed by atoms with Gasteiger partial charge in [0.2, 0.25) is 6.79 Å². The number of aliphatic hydroxyl groups is 1. The molecule has 1 saturated heterocycles. The molecule has 1 aromatic carbocycles. The van der Waals surface area contributed by atoms with E-state index in [9.17, 15) is 9.90 Å². The van der Waals surface area contributed by atoms with Crippen molar-refractivity contribution in [3.8, 4) is 11.5 Å². The smallest absolute Gasteiger partial charge is 0.254 e. The number of ether oxygens (including phenoxy) is 4.